The molecule has 0 bridgehead atoms. The Kier molecular flexibility index (Phi) is 4.90. The largest absolute Gasteiger partial charge is 0.321 e. The fourth-order valence-corrected chi connectivity index (χ4v) is 2.16. The molecule has 20 heavy (non-hydrogen) atoms. The Labute approximate surface area is 127 Å². The van der Waals surface area contributed by atoms with Gasteiger partial charge in [0.1, 0.15) is 0 Å². The summed E-state index contributed by atoms with van der Waals surface area (Å²) in [7, 11) is 0. The highest BCUT2D eigenvalue weighted by molar-refractivity contribution is 9.10. The summed E-state index contributed by atoms with van der Waals surface area (Å²) in [5, 5.41) is 2.91. The molecule has 1 aromatic carbocycles. The number of rotatable bonds is 4. The first-order valence-electron chi connectivity index (χ1n) is 6.62. The van der Waals surface area contributed by atoms with E-state index in [1.165, 1.54) is 5.56 Å². The molecule has 2 aromatic rings. The molecule has 0 aliphatic rings. The van der Waals surface area contributed by atoms with E-state index in [-0.39, 0.29) is 5.91 Å². The maximum atomic E-state index is 12.0. The van der Waals surface area contributed by atoms with Gasteiger partial charge in [0.05, 0.1) is 0 Å². The summed E-state index contributed by atoms with van der Waals surface area (Å²) in [5.41, 5.74) is 3.19. The molecule has 1 amide bonds. The van der Waals surface area contributed by atoms with E-state index >= 15 is 0 Å². The Morgan fingerprint density at radius 3 is 2.55 bits per heavy atom. The molecule has 4 heteroatoms. The first-order valence-corrected chi connectivity index (χ1v) is 7.41. The fraction of sp³-hybridized carbons (Fsp3) is 0.250. The fourth-order valence-electron chi connectivity index (χ4n) is 1.92. The molecule has 0 radical (unpaired) electrons. The van der Waals surface area contributed by atoms with Crippen molar-refractivity contribution in [3.05, 3.63) is 58.3 Å². The van der Waals surface area contributed by atoms with E-state index < -0.39 is 0 Å². The minimum atomic E-state index is -0.0269. The zero-order valence-electron chi connectivity index (χ0n) is 11.7. The van der Waals surface area contributed by atoms with Gasteiger partial charge in [-0.3, -0.25) is 4.79 Å². The number of aromatic nitrogens is 1. The van der Waals surface area contributed by atoms with Crippen molar-refractivity contribution in [3.8, 4) is 0 Å². The molecule has 0 unspecified atom stereocenters. The SMILES string of the molecule is CCc1cc[n+](CC(=O)Nc2ccc(Br)c(C)c2)cc1. The van der Waals surface area contributed by atoms with Crippen molar-refractivity contribution in [2.75, 3.05) is 5.32 Å². The van der Waals surface area contributed by atoms with Gasteiger partial charge in [0.2, 0.25) is 6.54 Å². The number of anilines is 1. The zero-order chi connectivity index (χ0) is 14.5. The summed E-state index contributed by atoms with van der Waals surface area (Å²) in [6.07, 6.45) is 4.88. The summed E-state index contributed by atoms with van der Waals surface area (Å²) >= 11 is 3.45. The highest BCUT2D eigenvalue weighted by Crippen LogP contribution is 2.19. The molecule has 2 rings (SSSR count). The van der Waals surface area contributed by atoms with Crippen LogP contribution in [-0.2, 0) is 17.8 Å². The average molecular weight is 334 g/mol. The van der Waals surface area contributed by atoms with Crippen LogP contribution in [-0.4, -0.2) is 5.91 Å². The molecule has 0 saturated carbocycles. The van der Waals surface area contributed by atoms with Gasteiger partial charge in [0.15, 0.2) is 12.4 Å². The molecule has 0 spiro atoms. The van der Waals surface area contributed by atoms with Crippen LogP contribution in [0.1, 0.15) is 18.1 Å². The predicted octanol–water partition coefficient (Wildman–Crippen LogP) is 3.25. The molecular weight excluding hydrogens is 316 g/mol. The summed E-state index contributed by atoms with van der Waals surface area (Å²) in [4.78, 5) is 12.0. The molecule has 0 fully saturated rings. The van der Waals surface area contributed by atoms with Gasteiger partial charge in [-0.2, -0.15) is 4.57 Å². The summed E-state index contributed by atoms with van der Waals surface area (Å²) in [5.74, 6) is -0.0269. The number of benzene rings is 1. The van der Waals surface area contributed by atoms with Crippen LogP contribution in [0.3, 0.4) is 0 Å². The van der Waals surface area contributed by atoms with Crippen molar-refractivity contribution in [2.45, 2.75) is 26.8 Å². The number of hydrogen-bond acceptors (Lipinski definition) is 1. The number of aryl methyl sites for hydroxylation is 2. The Bertz CT molecular complexity index is 608. The molecule has 3 nitrogen and oxygen atoms in total. The average Bonchev–Trinajstić information content (AvgIpc) is 2.44. The van der Waals surface area contributed by atoms with Gasteiger partial charge in [-0.1, -0.05) is 22.9 Å². The maximum Gasteiger partial charge on any atom is 0.290 e. The van der Waals surface area contributed by atoms with Crippen molar-refractivity contribution < 1.29 is 9.36 Å². The lowest BCUT2D eigenvalue weighted by Gasteiger charge is -2.05. The first kappa shape index (κ1) is 14.7. The molecule has 0 atom stereocenters. The number of carbonyl (C=O) groups is 1. The molecule has 1 heterocycles. The second kappa shape index (κ2) is 6.66. The molecule has 0 aliphatic heterocycles. The van der Waals surface area contributed by atoms with Crippen LogP contribution in [0.15, 0.2) is 47.2 Å². The number of halogens is 1. The van der Waals surface area contributed by atoms with E-state index in [0.29, 0.717) is 6.54 Å². The number of nitrogens with one attached hydrogen (secondary N) is 1. The monoisotopic (exact) mass is 333 g/mol. The van der Waals surface area contributed by atoms with Crippen LogP contribution >= 0.6 is 15.9 Å². The first-order chi connectivity index (χ1) is 9.58. The number of hydrogen-bond donors (Lipinski definition) is 1. The van der Waals surface area contributed by atoms with Crippen molar-refractivity contribution in [1.82, 2.24) is 0 Å². The van der Waals surface area contributed by atoms with Gasteiger partial charge in [0.25, 0.3) is 5.91 Å². The maximum absolute atomic E-state index is 12.0. The minimum Gasteiger partial charge on any atom is -0.321 e. The van der Waals surface area contributed by atoms with E-state index in [2.05, 4.69) is 28.2 Å². The lowest BCUT2D eigenvalue weighted by atomic mass is 10.2. The summed E-state index contributed by atoms with van der Waals surface area (Å²) < 4.78 is 2.92. The van der Waals surface area contributed by atoms with E-state index in [1.807, 2.05) is 54.2 Å². The molecule has 1 N–H and O–H groups in total. The van der Waals surface area contributed by atoms with Crippen LogP contribution < -0.4 is 9.88 Å². The Balaban J connectivity index is 1.99. The number of carbonyl (C=O) groups excluding carboxylic acids is 1. The third-order valence-corrected chi connectivity index (χ3v) is 4.03. The number of nitrogens with zero attached hydrogens (tertiary/aromatic N) is 1. The van der Waals surface area contributed by atoms with Gasteiger partial charge >= 0.3 is 0 Å². The van der Waals surface area contributed by atoms with Crippen LogP contribution in [0.4, 0.5) is 5.69 Å². The second-order valence-electron chi connectivity index (χ2n) is 4.74. The van der Waals surface area contributed by atoms with Crippen molar-refractivity contribution in [1.29, 1.82) is 0 Å². The van der Waals surface area contributed by atoms with Gasteiger partial charge in [-0.05, 0) is 42.7 Å². The van der Waals surface area contributed by atoms with Crippen LogP contribution in [0, 0.1) is 6.92 Å². The normalized spacial score (nSPS) is 10.3. The highest BCUT2D eigenvalue weighted by Gasteiger charge is 2.09. The van der Waals surface area contributed by atoms with Crippen LogP contribution in [0.5, 0.6) is 0 Å². The Morgan fingerprint density at radius 2 is 1.95 bits per heavy atom. The molecule has 0 saturated heterocycles. The molecular formula is C16H18BrN2O+. The van der Waals surface area contributed by atoms with E-state index in [9.17, 15) is 4.79 Å². The van der Waals surface area contributed by atoms with Gasteiger partial charge < -0.3 is 5.32 Å². The quantitative estimate of drug-likeness (QED) is 0.856. The molecule has 104 valence electrons. The predicted molar refractivity (Wildman–Crippen MR) is 83.5 cm³/mol. The Hall–Kier alpha value is -1.68. The summed E-state index contributed by atoms with van der Waals surface area (Å²) in [6.45, 7) is 4.43. The van der Waals surface area contributed by atoms with E-state index in [1.54, 1.807) is 0 Å². The molecule has 0 aliphatic carbocycles. The van der Waals surface area contributed by atoms with Gasteiger partial charge in [-0.25, -0.2) is 0 Å². The minimum absolute atomic E-state index is 0.0269. The smallest absolute Gasteiger partial charge is 0.290 e. The topological polar surface area (TPSA) is 33.0 Å². The summed E-state index contributed by atoms with van der Waals surface area (Å²) in [6, 6.07) is 9.86. The molecule has 1 aromatic heterocycles. The highest BCUT2D eigenvalue weighted by atomic mass is 79.9. The third kappa shape index (κ3) is 3.90. The van der Waals surface area contributed by atoms with E-state index in [0.717, 1.165) is 22.1 Å². The van der Waals surface area contributed by atoms with Crippen LogP contribution in [0.2, 0.25) is 0 Å². The van der Waals surface area contributed by atoms with Gasteiger partial charge in [-0.15, -0.1) is 0 Å². The number of pyridine rings is 1. The second-order valence-corrected chi connectivity index (χ2v) is 5.60. The standard InChI is InChI=1S/C16H17BrN2O/c1-3-13-6-8-19(9-7-13)11-16(20)18-14-4-5-15(17)12(2)10-14/h4-10H,3,11H2,1-2H3/p+1. The lowest BCUT2D eigenvalue weighted by molar-refractivity contribution is -0.684. The van der Waals surface area contributed by atoms with Gasteiger partial charge in [0, 0.05) is 22.3 Å². The van der Waals surface area contributed by atoms with Crippen LogP contribution in [0.25, 0.3) is 0 Å². The third-order valence-electron chi connectivity index (χ3n) is 3.14. The van der Waals surface area contributed by atoms with Crippen molar-refractivity contribution >= 4 is 27.5 Å². The zero-order valence-corrected chi connectivity index (χ0v) is 13.3. The van der Waals surface area contributed by atoms with E-state index in [4.69, 9.17) is 0 Å². The lowest BCUT2D eigenvalue weighted by Crippen LogP contribution is -2.39. The van der Waals surface area contributed by atoms with Crippen molar-refractivity contribution in [3.63, 3.8) is 0 Å². The Morgan fingerprint density at radius 1 is 1.25 bits per heavy atom. The number of amides is 1. The van der Waals surface area contributed by atoms with Crippen molar-refractivity contribution in [2.24, 2.45) is 0 Å².